The van der Waals surface area contributed by atoms with Gasteiger partial charge in [-0.3, -0.25) is 4.79 Å². The second-order valence-corrected chi connectivity index (χ2v) is 7.73. The number of fused-ring (bicyclic) bond motifs is 1. The molecule has 0 saturated heterocycles. The van der Waals surface area contributed by atoms with E-state index in [0.717, 1.165) is 32.7 Å². The van der Waals surface area contributed by atoms with Gasteiger partial charge >= 0.3 is 0 Å². The molecule has 3 aromatic carbocycles. The van der Waals surface area contributed by atoms with E-state index in [1.807, 2.05) is 72.8 Å². The number of amides is 1. The summed E-state index contributed by atoms with van der Waals surface area (Å²) in [5.41, 5.74) is 12.0. The Hall–Kier alpha value is -3.71. The minimum atomic E-state index is -0.189. The monoisotopic (exact) mass is 416 g/mol. The lowest BCUT2D eigenvalue weighted by molar-refractivity contribution is -0.120. The summed E-state index contributed by atoms with van der Waals surface area (Å²) in [5, 5.41) is 4.55. The van der Waals surface area contributed by atoms with Crippen LogP contribution in [0.5, 0.6) is 5.75 Å². The van der Waals surface area contributed by atoms with Gasteiger partial charge in [0.05, 0.1) is 22.9 Å². The zero-order chi connectivity index (χ0) is 20.8. The van der Waals surface area contributed by atoms with Crippen molar-refractivity contribution < 1.29 is 9.53 Å². The first-order valence-corrected chi connectivity index (χ1v) is 10.2. The lowest BCUT2D eigenvalue weighted by atomic mass is 10.1. The predicted octanol–water partition coefficient (Wildman–Crippen LogP) is 4.15. The van der Waals surface area contributed by atoms with Gasteiger partial charge < -0.3 is 10.5 Å². The number of benzene rings is 3. The van der Waals surface area contributed by atoms with Gasteiger partial charge in [-0.25, -0.2) is 10.4 Å². The zero-order valence-electron chi connectivity index (χ0n) is 16.1. The normalized spacial score (nSPS) is 11.1. The van der Waals surface area contributed by atoms with Gasteiger partial charge in [-0.2, -0.15) is 5.10 Å². The molecule has 150 valence electrons. The summed E-state index contributed by atoms with van der Waals surface area (Å²) in [6.45, 7) is 0.518. The zero-order valence-corrected chi connectivity index (χ0v) is 16.9. The Balaban J connectivity index is 1.27. The van der Waals surface area contributed by atoms with Crippen LogP contribution in [0.4, 0.5) is 5.13 Å². The van der Waals surface area contributed by atoms with Crippen LogP contribution in [-0.2, 0) is 17.8 Å². The van der Waals surface area contributed by atoms with E-state index in [1.165, 1.54) is 11.3 Å². The highest BCUT2D eigenvalue weighted by atomic mass is 32.1. The molecule has 4 rings (SSSR count). The number of rotatable bonds is 7. The molecule has 0 saturated carbocycles. The van der Waals surface area contributed by atoms with E-state index in [0.29, 0.717) is 11.7 Å². The number of nitrogen functional groups attached to an aromatic ring is 1. The van der Waals surface area contributed by atoms with Crippen LogP contribution in [0.25, 0.3) is 10.2 Å². The SMILES string of the molecule is Nc1nc2ccc(CC(=O)N/N=C\c3ccc(OCc4ccccc4)cc3)cc2s1. The van der Waals surface area contributed by atoms with Crippen LogP contribution < -0.4 is 15.9 Å². The predicted molar refractivity (Wildman–Crippen MR) is 121 cm³/mol. The Morgan fingerprint density at radius 3 is 2.67 bits per heavy atom. The molecule has 0 spiro atoms. The Labute approximate surface area is 178 Å². The van der Waals surface area contributed by atoms with Crippen molar-refractivity contribution in [3.8, 4) is 5.75 Å². The Morgan fingerprint density at radius 2 is 1.87 bits per heavy atom. The van der Waals surface area contributed by atoms with Crippen molar-refractivity contribution in [2.45, 2.75) is 13.0 Å². The van der Waals surface area contributed by atoms with Crippen LogP contribution in [0.1, 0.15) is 16.7 Å². The number of hydrogen-bond donors (Lipinski definition) is 2. The number of hydrogen-bond acceptors (Lipinski definition) is 6. The van der Waals surface area contributed by atoms with Gasteiger partial charge in [0.25, 0.3) is 0 Å². The summed E-state index contributed by atoms with van der Waals surface area (Å²) in [7, 11) is 0. The van der Waals surface area contributed by atoms with E-state index in [2.05, 4.69) is 15.5 Å². The summed E-state index contributed by atoms with van der Waals surface area (Å²) in [6, 6.07) is 23.2. The minimum Gasteiger partial charge on any atom is -0.489 e. The molecule has 0 unspecified atom stereocenters. The van der Waals surface area contributed by atoms with Gasteiger partial charge in [0, 0.05) is 0 Å². The second kappa shape index (κ2) is 9.19. The van der Waals surface area contributed by atoms with Gasteiger partial charge in [-0.1, -0.05) is 47.7 Å². The Morgan fingerprint density at radius 1 is 1.07 bits per heavy atom. The molecule has 0 fully saturated rings. The molecule has 0 aliphatic heterocycles. The maximum absolute atomic E-state index is 12.1. The molecule has 6 nitrogen and oxygen atoms in total. The quantitative estimate of drug-likeness (QED) is 0.350. The minimum absolute atomic E-state index is 0.189. The highest BCUT2D eigenvalue weighted by molar-refractivity contribution is 7.22. The lowest BCUT2D eigenvalue weighted by Gasteiger charge is -2.06. The Bertz CT molecular complexity index is 1170. The summed E-state index contributed by atoms with van der Waals surface area (Å²) in [6.07, 6.45) is 1.84. The lowest BCUT2D eigenvalue weighted by Crippen LogP contribution is -2.19. The number of hydrazone groups is 1. The van der Waals surface area contributed by atoms with E-state index in [4.69, 9.17) is 10.5 Å². The van der Waals surface area contributed by atoms with Crippen molar-refractivity contribution in [3.63, 3.8) is 0 Å². The molecule has 4 aromatic rings. The van der Waals surface area contributed by atoms with Crippen molar-refractivity contribution in [2.75, 3.05) is 5.73 Å². The molecule has 7 heteroatoms. The fourth-order valence-electron chi connectivity index (χ4n) is 2.89. The summed E-state index contributed by atoms with van der Waals surface area (Å²) >= 11 is 1.41. The van der Waals surface area contributed by atoms with Gasteiger partial charge in [-0.05, 0) is 53.1 Å². The molecular formula is C23H20N4O2S. The van der Waals surface area contributed by atoms with Crippen molar-refractivity contribution >= 4 is 38.8 Å². The molecule has 1 aromatic heterocycles. The average molecular weight is 417 g/mol. The maximum Gasteiger partial charge on any atom is 0.244 e. The first-order chi connectivity index (χ1) is 14.7. The molecular weight excluding hydrogens is 396 g/mol. The Kier molecular flexibility index (Phi) is 6.01. The molecule has 1 amide bonds. The van der Waals surface area contributed by atoms with E-state index >= 15 is 0 Å². The molecule has 0 radical (unpaired) electrons. The third kappa shape index (κ3) is 5.21. The molecule has 3 N–H and O–H groups in total. The summed E-state index contributed by atoms with van der Waals surface area (Å²) < 4.78 is 6.73. The average Bonchev–Trinajstić information content (AvgIpc) is 3.13. The van der Waals surface area contributed by atoms with E-state index in [1.54, 1.807) is 6.21 Å². The number of carbonyl (C=O) groups excluding carboxylic acids is 1. The molecule has 0 aliphatic rings. The number of carbonyl (C=O) groups is 1. The highest BCUT2D eigenvalue weighted by Crippen LogP contribution is 2.24. The van der Waals surface area contributed by atoms with Crippen molar-refractivity contribution in [1.82, 2.24) is 10.4 Å². The van der Waals surface area contributed by atoms with Crippen molar-refractivity contribution in [3.05, 3.63) is 89.5 Å². The van der Waals surface area contributed by atoms with Gasteiger partial charge in [0.15, 0.2) is 5.13 Å². The van der Waals surface area contributed by atoms with Crippen LogP contribution in [0.3, 0.4) is 0 Å². The number of thiazole rings is 1. The number of anilines is 1. The van der Waals surface area contributed by atoms with E-state index in [-0.39, 0.29) is 12.3 Å². The topological polar surface area (TPSA) is 89.6 Å². The van der Waals surface area contributed by atoms with E-state index in [9.17, 15) is 4.79 Å². The third-order valence-electron chi connectivity index (χ3n) is 4.37. The first-order valence-electron chi connectivity index (χ1n) is 9.39. The molecule has 1 heterocycles. The highest BCUT2D eigenvalue weighted by Gasteiger charge is 2.06. The number of nitrogens with zero attached hydrogens (tertiary/aromatic N) is 2. The van der Waals surface area contributed by atoms with Crippen LogP contribution >= 0.6 is 11.3 Å². The maximum atomic E-state index is 12.1. The van der Waals surface area contributed by atoms with Crippen molar-refractivity contribution in [2.24, 2.45) is 5.10 Å². The standard InChI is InChI=1S/C23H20N4O2S/c24-23-26-20-11-8-18(12-21(20)30-23)13-22(28)27-25-14-16-6-9-19(10-7-16)29-15-17-4-2-1-3-5-17/h1-12,14H,13,15H2,(H2,24,26)(H,27,28)/b25-14-. The van der Waals surface area contributed by atoms with Gasteiger partial charge in [-0.15, -0.1) is 0 Å². The first kappa shape index (κ1) is 19.6. The molecule has 0 aliphatic carbocycles. The second-order valence-electron chi connectivity index (χ2n) is 6.67. The summed E-state index contributed by atoms with van der Waals surface area (Å²) in [5.74, 6) is 0.588. The van der Waals surface area contributed by atoms with Gasteiger partial charge in [0.1, 0.15) is 12.4 Å². The number of ether oxygens (including phenoxy) is 1. The summed E-state index contributed by atoms with van der Waals surface area (Å²) in [4.78, 5) is 16.3. The fourth-order valence-corrected chi connectivity index (χ4v) is 3.69. The fraction of sp³-hybridized carbons (Fsp3) is 0.0870. The molecule has 0 atom stereocenters. The van der Waals surface area contributed by atoms with Crippen LogP contribution in [0.2, 0.25) is 0 Å². The number of nitrogens with two attached hydrogens (primary N) is 1. The largest absolute Gasteiger partial charge is 0.489 e. The van der Waals surface area contributed by atoms with Crippen LogP contribution in [-0.4, -0.2) is 17.1 Å². The van der Waals surface area contributed by atoms with Gasteiger partial charge in [0.2, 0.25) is 5.91 Å². The van der Waals surface area contributed by atoms with E-state index < -0.39 is 0 Å². The van der Waals surface area contributed by atoms with Crippen molar-refractivity contribution in [1.29, 1.82) is 0 Å². The molecule has 30 heavy (non-hydrogen) atoms. The van der Waals surface area contributed by atoms with Crippen LogP contribution in [0.15, 0.2) is 77.9 Å². The number of nitrogens with one attached hydrogen (secondary N) is 1. The number of aromatic nitrogens is 1. The molecule has 0 bridgehead atoms. The third-order valence-corrected chi connectivity index (χ3v) is 5.21. The van der Waals surface area contributed by atoms with Crippen LogP contribution in [0, 0.1) is 0 Å². The smallest absolute Gasteiger partial charge is 0.244 e.